The third-order valence-corrected chi connectivity index (χ3v) is 16.6. The summed E-state index contributed by atoms with van der Waals surface area (Å²) in [5.41, 5.74) is 0. The molecule has 4 nitrogen and oxygen atoms in total. The minimum Gasteiger partial charge on any atom is -0.324 e. The van der Waals surface area contributed by atoms with Gasteiger partial charge in [-0.3, -0.25) is 0 Å². The maximum absolute atomic E-state index is 2.90. The highest BCUT2D eigenvalue weighted by atomic mass is 28.3. The van der Waals surface area contributed by atoms with Crippen molar-refractivity contribution >= 4 is 32.9 Å². The molecule has 1 aliphatic rings. The van der Waals surface area contributed by atoms with Crippen molar-refractivity contribution in [2.75, 3.05) is 52.4 Å². The van der Waals surface area contributed by atoms with Crippen molar-refractivity contribution in [3.63, 3.8) is 0 Å². The molecule has 1 fully saturated rings. The first-order chi connectivity index (χ1) is 14.4. The predicted octanol–water partition coefficient (Wildman–Crippen LogP) is 6.11. The Hall–Kier alpha value is 0.708. The lowest BCUT2D eigenvalue weighted by Gasteiger charge is -2.41. The van der Waals surface area contributed by atoms with E-state index in [4.69, 9.17) is 0 Å². The fourth-order valence-corrected chi connectivity index (χ4v) is 11.6. The van der Waals surface area contributed by atoms with E-state index in [0.29, 0.717) is 0 Å². The maximum Gasteiger partial charge on any atom is 0.119 e. The minimum absolute atomic E-state index is 1.27. The fourth-order valence-electron chi connectivity index (χ4n) is 4.94. The Morgan fingerprint density at radius 2 is 0.406 bits per heavy atom. The normalized spacial score (nSPS) is 22.9. The summed E-state index contributed by atoms with van der Waals surface area (Å²) in [5, 5.41) is 0. The third kappa shape index (κ3) is 11.4. The Bertz CT molecular complexity index is 420. The van der Waals surface area contributed by atoms with Gasteiger partial charge in [0, 0.05) is 0 Å². The molecule has 0 aromatic rings. The summed E-state index contributed by atoms with van der Waals surface area (Å²) in [5.74, 6) is 0. The fraction of sp³-hybridized carbons (Fsp3) is 1.00. The van der Waals surface area contributed by atoms with Crippen molar-refractivity contribution in [3.05, 3.63) is 0 Å². The Kier molecular flexibility index (Phi) is 12.1. The van der Waals surface area contributed by atoms with Gasteiger partial charge in [-0.1, -0.05) is 78.6 Å². The van der Waals surface area contributed by atoms with Crippen LogP contribution in [0.4, 0.5) is 0 Å². The molecule has 0 amide bonds. The zero-order chi connectivity index (χ0) is 24.8. The Morgan fingerprint density at radius 1 is 0.281 bits per heavy atom. The second-order valence-electron chi connectivity index (χ2n) is 14.0. The van der Waals surface area contributed by atoms with E-state index in [9.17, 15) is 0 Å². The van der Waals surface area contributed by atoms with Crippen molar-refractivity contribution in [1.82, 2.24) is 18.3 Å². The lowest BCUT2D eigenvalue weighted by molar-refractivity contribution is 0.304. The van der Waals surface area contributed by atoms with Crippen molar-refractivity contribution in [2.24, 2.45) is 0 Å². The summed E-state index contributed by atoms with van der Waals surface area (Å²) in [4.78, 5) is 0. The van der Waals surface area contributed by atoms with Crippen LogP contribution in [0, 0.1) is 0 Å². The van der Waals surface area contributed by atoms with Gasteiger partial charge in [0.15, 0.2) is 0 Å². The molecule has 1 aliphatic heterocycles. The van der Waals surface area contributed by atoms with Crippen LogP contribution in [0.1, 0.15) is 25.7 Å². The zero-order valence-electron chi connectivity index (χ0n) is 24.3. The molecule has 0 unspecified atom stereocenters. The average Bonchev–Trinajstić information content (AvgIpc) is 2.57. The molecule has 0 spiro atoms. The number of rotatable bonds is 4. The lowest BCUT2D eigenvalue weighted by Crippen LogP contribution is -2.53. The van der Waals surface area contributed by atoms with Crippen LogP contribution in [-0.4, -0.2) is 104 Å². The van der Waals surface area contributed by atoms with Gasteiger partial charge in [-0.2, -0.15) is 0 Å². The predicted molar refractivity (Wildman–Crippen MR) is 158 cm³/mol. The largest absolute Gasteiger partial charge is 0.324 e. The summed E-state index contributed by atoms with van der Waals surface area (Å²) < 4.78 is 11.6. The Labute approximate surface area is 207 Å². The molecular weight excluding hydrogens is 457 g/mol. The van der Waals surface area contributed by atoms with Crippen LogP contribution in [0.3, 0.4) is 0 Å². The first-order valence-electron chi connectivity index (χ1n) is 13.4. The average molecular weight is 517 g/mol. The maximum atomic E-state index is 2.90. The summed E-state index contributed by atoms with van der Waals surface area (Å²) in [7, 11) is -5.07. The highest BCUT2D eigenvalue weighted by Gasteiger charge is 2.29. The smallest absolute Gasteiger partial charge is 0.119 e. The molecule has 0 bridgehead atoms. The van der Waals surface area contributed by atoms with Crippen LogP contribution in [-0.2, 0) is 0 Å². The van der Waals surface area contributed by atoms with Gasteiger partial charge >= 0.3 is 0 Å². The first kappa shape index (κ1) is 30.7. The Balaban J connectivity index is 3.01. The van der Waals surface area contributed by atoms with Crippen LogP contribution in [0.25, 0.3) is 0 Å². The van der Waals surface area contributed by atoms with Crippen LogP contribution in [0.2, 0.25) is 78.6 Å². The van der Waals surface area contributed by atoms with Crippen LogP contribution in [0.5, 0.6) is 0 Å². The molecular formula is C24H60N4Si4. The van der Waals surface area contributed by atoms with E-state index in [1.54, 1.807) is 0 Å². The molecule has 0 aromatic heterocycles. The second-order valence-corrected chi connectivity index (χ2v) is 33.9. The molecule has 1 heterocycles. The van der Waals surface area contributed by atoms with Crippen molar-refractivity contribution in [1.29, 1.82) is 0 Å². The van der Waals surface area contributed by atoms with Gasteiger partial charge in [-0.25, -0.2) is 0 Å². The van der Waals surface area contributed by atoms with Gasteiger partial charge in [0.05, 0.1) is 0 Å². The number of hydrogen-bond acceptors (Lipinski definition) is 4. The molecule has 1 saturated heterocycles. The molecule has 0 N–H and O–H groups in total. The van der Waals surface area contributed by atoms with Crippen LogP contribution < -0.4 is 0 Å². The van der Waals surface area contributed by atoms with Crippen molar-refractivity contribution < 1.29 is 0 Å². The van der Waals surface area contributed by atoms with Gasteiger partial charge in [0.2, 0.25) is 0 Å². The molecule has 0 aliphatic carbocycles. The van der Waals surface area contributed by atoms with Gasteiger partial charge in [-0.05, 0) is 78.0 Å². The molecule has 0 radical (unpaired) electrons. The minimum atomic E-state index is -1.27. The molecule has 1 rings (SSSR count). The van der Waals surface area contributed by atoms with Gasteiger partial charge in [0.1, 0.15) is 32.9 Å². The molecule has 0 atom stereocenters. The van der Waals surface area contributed by atoms with E-state index in [1.165, 1.54) is 78.0 Å². The van der Waals surface area contributed by atoms with Gasteiger partial charge < -0.3 is 18.3 Å². The molecule has 8 heteroatoms. The topological polar surface area (TPSA) is 13.0 Å². The van der Waals surface area contributed by atoms with Crippen LogP contribution >= 0.6 is 0 Å². The van der Waals surface area contributed by atoms with Crippen molar-refractivity contribution in [2.45, 2.75) is 104 Å². The number of nitrogens with zero attached hydrogens (tertiary/aromatic N) is 4. The van der Waals surface area contributed by atoms with E-state index in [2.05, 4.69) is 96.8 Å². The SMILES string of the molecule is C[Si](C)(C)N1CCCN([Si](C)(C)C)CCCN([Si](C)(C)C)CCCN([Si](C)(C)C)CCC1. The molecule has 0 aromatic carbocycles. The third-order valence-electron chi connectivity index (χ3n) is 7.22. The van der Waals surface area contributed by atoms with Gasteiger partial charge in [0.25, 0.3) is 0 Å². The summed E-state index contributed by atoms with van der Waals surface area (Å²) in [6.45, 7) is 40.9. The number of hydrogen-bond donors (Lipinski definition) is 0. The zero-order valence-corrected chi connectivity index (χ0v) is 28.3. The van der Waals surface area contributed by atoms with E-state index in [0.717, 1.165) is 0 Å². The quantitative estimate of drug-likeness (QED) is 0.418. The van der Waals surface area contributed by atoms with E-state index >= 15 is 0 Å². The van der Waals surface area contributed by atoms with Gasteiger partial charge in [-0.15, -0.1) is 0 Å². The summed E-state index contributed by atoms with van der Waals surface area (Å²) in [6.07, 6.45) is 5.35. The lowest BCUT2D eigenvalue weighted by atomic mass is 10.3. The monoisotopic (exact) mass is 516 g/mol. The first-order valence-corrected chi connectivity index (χ1v) is 27.2. The highest BCUT2D eigenvalue weighted by Crippen LogP contribution is 2.18. The summed E-state index contributed by atoms with van der Waals surface area (Å²) >= 11 is 0. The summed E-state index contributed by atoms with van der Waals surface area (Å²) in [6, 6.07) is 0. The molecule has 192 valence electrons. The van der Waals surface area contributed by atoms with E-state index < -0.39 is 32.9 Å². The molecule has 32 heavy (non-hydrogen) atoms. The molecule has 0 saturated carbocycles. The van der Waals surface area contributed by atoms with Crippen molar-refractivity contribution in [3.8, 4) is 0 Å². The standard InChI is InChI=1S/C24H60N4Si4/c1-29(2,3)25-17-13-19-26(30(4,5)6)21-15-23-28(32(10,11)12)24-16-22-27(20-14-18-25)31(7,8)9/h13-24H2,1-12H3. The van der Waals surface area contributed by atoms with E-state index in [-0.39, 0.29) is 0 Å². The Morgan fingerprint density at radius 3 is 0.500 bits per heavy atom. The second kappa shape index (κ2) is 12.6. The van der Waals surface area contributed by atoms with E-state index in [1.807, 2.05) is 0 Å². The highest BCUT2D eigenvalue weighted by molar-refractivity contribution is 6.74. The van der Waals surface area contributed by atoms with Crippen LogP contribution in [0.15, 0.2) is 0 Å².